The fourth-order valence-corrected chi connectivity index (χ4v) is 3.65. The lowest BCUT2D eigenvalue weighted by Gasteiger charge is -2.21. The van der Waals surface area contributed by atoms with Gasteiger partial charge in [0.1, 0.15) is 5.76 Å². The van der Waals surface area contributed by atoms with Crippen LogP contribution in [0.2, 0.25) is 0 Å². The molecule has 0 bridgehead atoms. The number of alkyl halides is 3. The molecule has 0 spiro atoms. The van der Waals surface area contributed by atoms with Crippen molar-refractivity contribution in [1.29, 1.82) is 0 Å². The van der Waals surface area contributed by atoms with Crippen LogP contribution in [0.3, 0.4) is 0 Å². The minimum absolute atomic E-state index is 0.0339. The van der Waals surface area contributed by atoms with E-state index in [2.05, 4.69) is 4.18 Å². The summed E-state index contributed by atoms with van der Waals surface area (Å²) in [5.41, 5.74) is -4.36. The van der Waals surface area contributed by atoms with Gasteiger partial charge in [0.25, 0.3) is 0 Å². The summed E-state index contributed by atoms with van der Waals surface area (Å²) in [6, 6.07) is 3.34. The van der Waals surface area contributed by atoms with Gasteiger partial charge in [0, 0.05) is 24.0 Å². The molecule has 1 aromatic carbocycles. The maximum atomic E-state index is 12.8. The molecule has 1 aliphatic heterocycles. The normalized spacial score (nSPS) is 16.0. The fraction of sp³-hybridized carbons (Fsp3) is 0.500. The van der Waals surface area contributed by atoms with Gasteiger partial charge in [-0.05, 0) is 38.3 Å². The predicted molar refractivity (Wildman–Crippen MR) is 87.4 cm³/mol. The summed E-state index contributed by atoms with van der Waals surface area (Å²) in [6.07, 6.45) is 2.36. The summed E-state index contributed by atoms with van der Waals surface area (Å²) >= 11 is 0. The van der Waals surface area contributed by atoms with E-state index in [1.807, 2.05) is 11.8 Å². The summed E-state index contributed by atoms with van der Waals surface area (Å²) < 4.78 is 71.8. The van der Waals surface area contributed by atoms with Crippen molar-refractivity contribution in [1.82, 2.24) is 0 Å². The first-order valence-electron chi connectivity index (χ1n) is 7.96. The summed E-state index contributed by atoms with van der Waals surface area (Å²) in [5, 5.41) is 0.565. The molecule has 138 valence electrons. The van der Waals surface area contributed by atoms with Crippen LogP contribution in [0.4, 0.5) is 18.9 Å². The van der Waals surface area contributed by atoms with Crippen LogP contribution >= 0.6 is 0 Å². The van der Waals surface area contributed by atoms with E-state index in [1.165, 1.54) is 0 Å². The van der Waals surface area contributed by atoms with E-state index in [0.717, 1.165) is 18.4 Å². The number of aryl methyl sites for hydroxylation is 2. The maximum Gasteiger partial charge on any atom is 0.534 e. The number of rotatable bonds is 4. The third-order valence-electron chi connectivity index (χ3n) is 4.37. The second-order valence-electron chi connectivity index (χ2n) is 5.96. The van der Waals surface area contributed by atoms with Crippen LogP contribution in [0.1, 0.15) is 31.1 Å². The van der Waals surface area contributed by atoms with Crippen molar-refractivity contribution in [3.63, 3.8) is 0 Å². The van der Waals surface area contributed by atoms with Gasteiger partial charge in [-0.1, -0.05) is 6.92 Å². The average molecular weight is 377 g/mol. The minimum Gasteiger partial charge on any atom is -0.457 e. The minimum atomic E-state index is -5.79. The molecule has 25 heavy (non-hydrogen) atoms. The molecule has 1 aliphatic rings. The van der Waals surface area contributed by atoms with Gasteiger partial charge in [0.15, 0.2) is 5.58 Å². The van der Waals surface area contributed by atoms with Crippen LogP contribution in [0.25, 0.3) is 11.0 Å². The van der Waals surface area contributed by atoms with Crippen molar-refractivity contribution in [2.24, 2.45) is 0 Å². The first-order chi connectivity index (χ1) is 11.7. The van der Waals surface area contributed by atoms with Gasteiger partial charge in [0.05, 0.1) is 5.69 Å². The van der Waals surface area contributed by atoms with E-state index in [-0.39, 0.29) is 11.3 Å². The molecule has 5 nitrogen and oxygen atoms in total. The van der Waals surface area contributed by atoms with Crippen LogP contribution in [-0.4, -0.2) is 27.0 Å². The lowest BCUT2D eigenvalue weighted by Crippen LogP contribution is -2.29. The molecule has 1 aromatic heterocycles. The molecule has 1 fully saturated rings. The van der Waals surface area contributed by atoms with Crippen molar-refractivity contribution in [3.8, 4) is 5.75 Å². The van der Waals surface area contributed by atoms with Crippen molar-refractivity contribution in [2.75, 3.05) is 18.0 Å². The molecule has 3 rings (SSSR count). The lowest BCUT2D eigenvalue weighted by atomic mass is 10.1. The van der Waals surface area contributed by atoms with Gasteiger partial charge < -0.3 is 13.5 Å². The van der Waals surface area contributed by atoms with Crippen molar-refractivity contribution in [2.45, 2.75) is 38.6 Å². The summed E-state index contributed by atoms with van der Waals surface area (Å²) in [6.45, 7) is 4.82. The quantitative estimate of drug-likeness (QED) is 0.592. The van der Waals surface area contributed by atoms with E-state index >= 15 is 0 Å². The number of hydrogen-bond donors (Lipinski definition) is 0. The maximum absolute atomic E-state index is 12.8. The molecular weight excluding hydrogens is 359 g/mol. The van der Waals surface area contributed by atoms with Gasteiger partial charge in [-0.3, -0.25) is 0 Å². The smallest absolute Gasteiger partial charge is 0.457 e. The Morgan fingerprint density at radius 3 is 2.44 bits per heavy atom. The van der Waals surface area contributed by atoms with Crippen LogP contribution in [0, 0.1) is 6.92 Å². The van der Waals surface area contributed by atoms with E-state index in [9.17, 15) is 21.6 Å². The van der Waals surface area contributed by atoms with Gasteiger partial charge in [0.2, 0.25) is 5.75 Å². The van der Waals surface area contributed by atoms with Gasteiger partial charge in [-0.15, -0.1) is 0 Å². The van der Waals surface area contributed by atoms with Gasteiger partial charge in [-0.2, -0.15) is 21.6 Å². The van der Waals surface area contributed by atoms with Crippen LogP contribution < -0.4 is 9.08 Å². The Hall–Kier alpha value is -1.90. The molecule has 0 unspecified atom stereocenters. The van der Waals surface area contributed by atoms with E-state index in [0.29, 0.717) is 36.3 Å². The molecule has 0 aliphatic carbocycles. The second-order valence-corrected chi connectivity index (χ2v) is 7.50. The average Bonchev–Trinajstić information content (AvgIpc) is 3.13. The molecule has 9 heteroatoms. The first kappa shape index (κ1) is 17.9. The number of hydrogen-bond acceptors (Lipinski definition) is 5. The number of benzene rings is 1. The molecule has 0 saturated carbocycles. The topological polar surface area (TPSA) is 59.8 Å². The van der Waals surface area contributed by atoms with Crippen molar-refractivity contribution < 1.29 is 30.2 Å². The number of furan rings is 1. The second kappa shape index (κ2) is 6.12. The zero-order valence-electron chi connectivity index (χ0n) is 13.8. The molecule has 0 N–H and O–H groups in total. The van der Waals surface area contributed by atoms with Gasteiger partial charge in [-0.25, -0.2) is 0 Å². The fourth-order valence-electron chi connectivity index (χ4n) is 3.18. The SMILES string of the molecule is CCc1c(C)oc2c(OS(=O)(=O)C(F)(F)F)c(N3CCCC3)ccc12. The van der Waals surface area contributed by atoms with Crippen LogP contribution in [-0.2, 0) is 16.5 Å². The van der Waals surface area contributed by atoms with E-state index in [1.54, 1.807) is 19.1 Å². The molecule has 0 radical (unpaired) electrons. The Labute approximate surface area is 143 Å². The van der Waals surface area contributed by atoms with Crippen molar-refractivity contribution >= 4 is 26.8 Å². The van der Waals surface area contributed by atoms with Crippen LogP contribution in [0.5, 0.6) is 5.75 Å². The highest BCUT2D eigenvalue weighted by molar-refractivity contribution is 7.88. The third kappa shape index (κ3) is 3.05. The molecule has 0 atom stereocenters. The highest BCUT2D eigenvalue weighted by atomic mass is 32.2. The first-order valence-corrected chi connectivity index (χ1v) is 9.37. The zero-order valence-corrected chi connectivity index (χ0v) is 14.6. The molecule has 0 amide bonds. The zero-order chi connectivity index (χ0) is 18.4. The molecule has 2 aromatic rings. The number of nitrogens with zero attached hydrogens (tertiary/aromatic N) is 1. The highest BCUT2D eigenvalue weighted by Crippen LogP contribution is 2.43. The number of fused-ring (bicyclic) bond motifs is 1. The molecular formula is C16H18F3NO4S. The Morgan fingerprint density at radius 1 is 1.24 bits per heavy atom. The highest BCUT2D eigenvalue weighted by Gasteiger charge is 2.49. The Kier molecular flexibility index (Phi) is 4.38. The van der Waals surface area contributed by atoms with E-state index < -0.39 is 15.6 Å². The Balaban J connectivity index is 2.22. The summed E-state index contributed by atoms with van der Waals surface area (Å²) in [4.78, 5) is 1.81. The van der Waals surface area contributed by atoms with Crippen molar-refractivity contribution in [3.05, 3.63) is 23.5 Å². The largest absolute Gasteiger partial charge is 0.534 e. The lowest BCUT2D eigenvalue weighted by molar-refractivity contribution is -0.0499. The number of halogens is 3. The summed E-state index contributed by atoms with van der Waals surface area (Å²) in [7, 11) is -5.79. The Morgan fingerprint density at radius 2 is 1.88 bits per heavy atom. The standard InChI is InChI=1S/C16H18F3NO4S/c1-3-11-10(2)23-14-12(11)6-7-13(20-8-4-5-9-20)15(14)24-25(21,22)16(17,18)19/h6-7H,3-5,8-9H2,1-2H3. The predicted octanol–water partition coefficient (Wildman–Crippen LogP) is 4.13. The monoisotopic (exact) mass is 377 g/mol. The number of anilines is 1. The summed E-state index contributed by atoms with van der Waals surface area (Å²) in [5.74, 6) is 0.143. The molecule has 1 saturated heterocycles. The van der Waals surface area contributed by atoms with E-state index in [4.69, 9.17) is 4.42 Å². The van der Waals surface area contributed by atoms with Crippen LogP contribution in [0.15, 0.2) is 16.5 Å². The van der Waals surface area contributed by atoms with Gasteiger partial charge >= 0.3 is 15.6 Å². The molecule has 2 heterocycles. The Bertz CT molecular complexity index is 896. The third-order valence-corrected chi connectivity index (χ3v) is 5.33.